The number of phenolic OH excluding ortho intramolecular Hbond substituents is 1. The number of nitrogens with zero attached hydrogens (tertiary/aromatic N) is 4. The SMILES string of the molecule is COc1cc(-c2ccc3nccc(Nc4cnc(N5CCC(N)CC5)nc4)c3c2)cc(Cl)c1O. The fourth-order valence-corrected chi connectivity index (χ4v) is 4.35. The van der Waals surface area contributed by atoms with Crippen molar-refractivity contribution < 1.29 is 9.84 Å². The Balaban J connectivity index is 1.44. The van der Waals surface area contributed by atoms with Crippen LogP contribution in [0.25, 0.3) is 22.0 Å². The highest BCUT2D eigenvalue weighted by Gasteiger charge is 2.18. The van der Waals surface area contributed by atoms with E-state index in [1.54, 1.807) is 30.7 Å². The van der Waals surface area contributed by atoms with Crippen LogP contribution in [-0.2, 0) is 0 Å². The summed E-state index contributed by atoms with van der Waals surface area (Å²) in [4.78, 5) is 15.8. The largest absolute Gasteiger partial charge is 0.503 e. The fourth-order valence-electron chi connectivity index (χ4n) is 4.13. The molecule has 1 aliphatic heterocycles. The van der Waals surface area contributed by atoms with Gasteiger partial charge in [-0.15, -0.1) is 0 Å². The second-order valence-corrected chi connectivity index (χ2v) is 8.73. The highest BCUT2D eigenvalue weighted by atomic mass is 35.5. The van der Waals surface area contributed by atoms with Crippen molar-refractivity contribution in [3.05, 3.63) is 60.0 Å². The number of aromatic nitrogens is 3. The second-order valence-electron chi connectivity index (χ2n) is 8.32. The summed E-state index contributed by atoms with van der Waals surface area (Å²) in [5.74, 6) is 0.964. The van der Waals surface area contributed by atoms with Gasteiger partial charge < -0.3 is 25.8 Å². The van der Waals surface area contributed by atoms with E-state index in [9.17, 15) is 5.11 Å². The number of halogens is 1. The number of methoxy groups -OCH3 is 1. The maximum atomic E-state index is 10.1. The van der Waals surface area contributed by atoms with Crippen LogP contribution in [0.4, 0.5) is 17.3 Å². The number of benzene rings is 2. The first kappa shape index (κ1) is 22.2. The van der Waals surface area contributed by atoms with Crippen LogP contribution in [0.2, 0.25) is 5.02 Å². The summed E-state index contributed by atoms with van der Waals surface area (Å²) in [6.07, 6.45) is 7.24. The predicted molar refractivity (Wildman–Crippen MR) is 135 cm³/mol. The molecule has 4 N–H and O–H groups in total. The molecule has 0 aliphatic carbocycles. The van der Waals surface area contributed by atoms with Crippen molar-refractivity contribution in [3.8, 4) is 22.6 Å². The first-order valence-electron chi connectivity index (χ1n) is 11.1. The van der Waals surface area contributed by atoms with E-state index in [1.165, 1.54) is 7.11 Å². The number of anilines is 3. The normalized spacial score (nSPS) is 14.4. The molecule has 3 heterocycles. The number of ether oxygens (including phenoxy) is 1. The van der Waals surface area contributed by atoms with Crippen LogP contribution in [0.5, 0.6) is 11.5 Å². The maximum Gasteiger partial charge on any atom is 0.225 e. The molecule has 0 bridgehead atoms. The van der Waals surface area contributed by atoms with Crippen molar-refractivity contribution in [2.24, 2.45) is 5.73 Å². The third kappa shape index (κ3) is 4.42. The Labute approximate surface area is 202 Å². The molecule has 1 fully saturated rings. The van der Waals surface area contributed by atoms with Crippen LogP contribution in [0.3, 0.4) is 0 Å². The van der Waals surface area contributed by atoms with Gasteiger partial charge in [0, 0.05) is 36.4 Å². The summed E-state index contributed by atoms with van der Waals surface area (Å²) >= 11 is 6.20. The molecule has 174 valence electrons. The third-order valence-electron chi connectivity index (χ3n) is 6.06. The van der Waals surface area contributed by atoms with Crippen molar-refractivity contribution in [2.45, 2.75) is 18.9 Å². The lowest BCUT2D eigenvalue weighted by Gasteiger charge is -2.30. The van der Waals surface area contributed by atoms with Gasteiger partial charge in [-0.1, -0.05) is 17.7 Å². The number of fused-ring (bicyclic) bond motifs is 1. The van der Waals surface area contributed by atoms with Gasteiger partial charge in [0.25, 0.3) is 0 Å². The molecule has 0 atom stereocenters. The standard InChI is InChI=1S/C25H25ClN6O2/c1-34-23-12-16(11-20(26)24(23)33)15-2-3-21-19(10-15)22(4-7-28-21)31-18-13-29-25(30-14-18)32-8-5-17(27)6-9-32/h2-4,7,10-14,17,33H,5-6,8-9,27H2,1H3,(H,28,31). The lowest BCUT2D eigenvalue weighted by atomic mass is 10.0. The molecule has 34 heavy (non-hydrogen) atoms. The molecule has 2 aromatic carbocycles. The van der Waals surface area contributed by atoms with E-state index in [0.29, 0.717) is 5.75 Å². The molecule has 2 aromatic heterocycles. The van der Waals surface area contributed by atoms with E-state index in [4.69, 9.17) is 22.1 Å². The molecule has 4 aromatic rings. The smallest absolute Gasteiger partial charge is 0.225 e. The number of phenols is 1. The topological polar surface area (TPSA) is 109 Å². The van der Waals surface area contributed by atoms with Gasteiger partial charge in [0.1, 0.15) is 0 Å². The van der Waals surface area contributed by atoms with Crippen LogP contribution in [0.1, 0.15) is 12.8 Å². The number of piperidine rings is 1. The Morgan fingerprint density at radius 3 is 2.56 bits per heavy atom. The molecule has 5 rings (SSSR count). The molecule has 1 aliphatic rings. The number of aromatic hydroxyl groups is 1. The van der Waals surface area contributed by atoms with Crippen molar-refractivity contribution in [1.82, 2.24) is 15.0 Å². The molecule has 0 unspecified atom stereocenters. The number of hydrogen-bond acceptors (Lipinski definition) is 8. The molecule has 0 radical (unpaired) electrons. The fraction of sp³-hybridized carbons (Fsp3) is 0.240. The van der Waals surface area contributed by atoms with Gasteiger partial charge in [0.2, 0.25) is 5.95 Å². The molecule has 9 heteroatoms. The lowest BCUT2D eigenvalue weighted by molar-refractivity contribution is 0.374. The minimum Gasteiger partial charge on any atom is -0.503 e. The number of nitrogens with one attached hydrogen (secondary N) is 1. The number of nitrogens with two attached hydrogens (primary N) is 1. The number of rotatable bonds is 5. The summed E-state index contributed by atoms with van der Waals surface area (Å²) in [6.45, 7) is 1.75. The van der Waals surface area contributed by atoms with Crippen LogP contribution >= 0.6 is 11.6 Å². The van der Waals surface area contributed by atoms with E-state index in [0.717, 1.165) is 65.3 Å². The minimum atomic E-state index is -0.0754. The Hall–Kier alpha value is -3.62. The number of hydrogen-bond donors (Lipinski definition) is 3. The average Bonchev–Trinajstić information content (AvgIpc) is 2.86. The molecular weight excluding hydrogens is 452 g/mol. The van der Waals surface area contributed by atoms with Crippen LogP contribution in [0, 0.1) is 0 Å². The van der Waals surface area contributed by atoms with E-state index >= 15 is 0 Å². The van der Waals surface area contributed by atoms with Gasteiger partial charge in [-0.25, -0.2) is 9.97 Å². The Kier molecular flexibility index (Phi) is 6.08. The highest BCUT2D eigenvalue weighted by Crippen LogP contribution is 2.39. The summed E-state index contributed by atoms with van der Waals surface area (Å²) in [6, 6.07) is 11.6. The van der Waals surface area contributed by atoms with Crippen molar-refractivity contribution >= 4 is 39.8 Å². The molecule has 0 saturated carbocycles. The van der Waals surface area contributed by atoms with Gasteiger partial charge in [-0.3, -0.25) is 4.98 Å². The van der Waals surface area contributed by atoms with E-state index < -0.39 is 0 Å². The zero-order valence-corrected chi connectivity index (χ0v) is 19.5. The summed E-state index contributed by atoms with van der Waals surface area (Å²) in [7, 11) is 1.50. The van der Waals surface area contributed by atoms with E-state index in [2.05, 4.69) is 25.2 Å². The Morgan fingerprint density at radius 1 is 1.06 bits per heavy atom. The molecule has 0 amide bonds. The molecule has 1 saturated heterocycles. The minimum absolute atomic E-state index is 0.0754. The monoisotopic (exact) mass is 476 g/mol. The summed E-state index contributed by atoms with van der Waals surface area (Å²) < 4.78 is 5.25. The van der Waals surface area contributed by atoms with Gasteiger partial charge >= 0.3 is 0 Å². The highest BCUT2D eigenvalue weighted by molar-refractivity contribution is 6.32. The first-order chi connectivity index (χ1) is 16.5. The molecular formula is C25H25ClN6O2. The first-order valence-corrected chi connectivity index (χ1v) is 11.4. The summed E-state index contributed by atoms with van der Waals surface area (Å²) in [5, 5.41) is 14.6. The molecule has 8 nitrogen and oxygen atoms in total. The van der Waals surface area contributed by atoms with Gasteiger partial charge in [-0.2, -0.15) is 0 Å². The third-order valence-corrected chi connectivity index (χ3v) is 6.35. The van der Waals surface area contributed by atoms with E-state index in [-0.39, 0.29) is 16.8 Å². The summed E-state index contributed by atoms with van der Waals surface area (Å²) in [5.41, 5.74) is 10.2. The van der Waals surface area contributed by atoms with Crippen molar-refractivity contribution in [1.29, 1.82) is 0 Å². The van der Waals surface area contributed by atoms with Crippen LogP contribution in [-0.4, -0.2) is 46.3 Å². The maximum absolute atomic E-state index is 10.1. The Bertz CT molecular complexity index is 1320. The van der Waals surface area contributed by atoms with Crippen LogP contribution < -0.4 is 20.7 Å². The van der Waals surface area contributed by atoms with Gasteiger partial charge in [0.05, 0.1) is 35.7 Å². The Morgan fingerprint density at radius 2 is 1.82 bits per heavy atom. The quantitative estimate of drug-likeness (QED) is 0.379. The lowest BCUT2D eigenvalue weighted by Crippen LogP contribution is -2.40. The number of pyridine rings is 1. The zero-order chi connectivity index (χ0) is 23.7. The van der Waals surface area contributed by atoms with E-state index in [1.807, 2.05) is 24.3 Å². The zero-order valence-electron chi connectivity index (χ0n) is 18.7. The van der Waals surface area contributed by atoms with Crippen LogP contribution in [0.15, 0.2) is 55.0 Å². The predicted octanol–water partition coefficient (Wildman–Crippen LogP) is 4.73. The van der Waals surface area contributed by atoms with Gasteiger partial charge in [-0.05, 0) is 54.3 Å². The van der Waals surface area contributed by atoms with Gasteiger partial charge in [0.15, 0.2) is 11.5 Å². The second kappa shape index (κ2) is 9.32. The average molecular weight is 477 g/mol. The van der Waals surface area contributed by atoms with Crippen molar-refractivity contribution in [3.63, 3.8) is 0 Å². The van der Waals surface area contributed by atoms with Crippen molar-refractivity contribution in [2.75, 3.05) is 30.4 Å². The molecule has 0 spiro atoms.